The Morgan fingerprint density at radius 2 is 1.85 bits per heavy atom. The molecule has 20 heavy (non-hydrogen) atoms. The molecule has 0 bridgehead atoms. The first-order valence-electron chi connectivity index (χ1n) is 6.28. The fraction of sp³-hybridized carbons (Fsp3) is 0.538. The highest BCUT2D eigenvalue weighted by atomic mass is 32.2. The SMILES string of the molecule is CC1(C)C(NS(=O)(=O)c2ccc(C(N)=S)nc2)C1(C)C. The fourth-order valence-corrected chi connectivity index (χ4v) is 3.99. The van der Waals surface area contributed by atoms with Crippen molar-refractivity contribution in [1.82, 2.24) is 9.71 Å². The first-order chi connectivity index (χ1) is 9.00. The molecule has 1 fully saturated rings. The van der Waals surface area contributed by atoms with Gasteiger partial charge in [0, 0.05) is 12.2 Å². The molecule has 0 radical (unpaired) electrons. The van der Waals surface area contributed by atoms with E-state index in [1.165, 1.54) is 18.3 Å². The quantitative estimate of drug-likeness (QED) is 0.821. The lowest BCUT2D eigenvalue weighted by Crippen LogP contribution is -2.30. The van der Waals surface area contributed by atoms with Gasteiger partial charge in [0.2, 0.25) is 10.0 Å². The Morgan fingerprint density at radius 1 is 1.30 bits per heavy atom. The van der Waals surface area contributed by atoms with E-state index in [0.29, 0.717) is 5.69 Å². The minimum absolute atomic E-state index is 0.0632. The van der Waals surface area contributed by atoms with Crippen LogP contribution in [0, 0.1) is 10.8 Å². The zero-order valence-corrected chi connectivity index (χ0v) is 13.6. The Balaban J connectivity index is 2.22. The molecule has 5 nitrogen and oxygen atoms in total. The van der Waals surface area contributed by atoms with E-state index in [-0.39, 0.29) is 26.8 Å². The van der Waals surface area contributed by atoms with E-state index in [1.54, 1.807) is 0 Å². The number of nitrogens with zero attached hydrogens (tertiary/aromatic N) is 1. The highest BCUT2D eigenvalue weighted by Gasteiger charge is 2.66. The number of nitrogens with two attached hydrogens (primary N) is 1. The molecule has 110 valence electrons. The Labute approximate surface area is 125 Å². The van der Waals surface area contributed by atoms with Crippen molar-refractivity contribution in [3.05, 3.63) is 24.0 Å². The van der Waals surface area contributed by atoms with Crippen molar-refractivity contribution in [2.24, 2.45) is 16.6 Å². The van der Waals surface area contributed by atoms with Crippen molar-refractivity contribution in [3.63, 3.8) is 0 Å². The lowest BCUT2D eigenvalue weighted by molar-refractivity contribution is 0.457. The van der Waals surface area contributed by atoms with Gasteiger partial charge in [-0.1, -0.05) is 39.9 Å². The van der Waals surface area contributed by atoms with Crippen LogP contribution >= 0.6 is 12.2 Å². The second-order valence-electron chi connectivity index (χ2n) is 6.24. The van der Waals surface area contributed by atoms with Crippen LogP contribution in [0.15, 0.2) is 23.2 Å². The van der Waals surface area contributed by atoms with Crippen molar-refractivity contribution in [1.29, 1.82) is 0 Å². The zero-order valence-electron chi connectivity index (χ0n) is 12.0. The van der Waals surface area contributed by atoms with Gasteiger partial charge < -0.3 is 5.73 Å². The summed E-state index contributed by atoms with van der Waals surface area (Å²) in [5.41, 5.74) is 5.72. The first-order valence-corrected chi connectivity index (χ1v) is 8.17. The van der Waals surface area contributed by atoms with Crippen LogP contribution in [-0.2, 0) is 10.0 Å². The first kappa shape index (κ1) is 15.3. The van der Waals surface area contributed by atoms with Gasteiger partial charge in [-0.25, -0.2) is 13.1 Å². The standard InChI is InChI=1S/C13H19N3O2S2/c1-12(2)11(13(12,3)4)16-20(17,18)8-5-6-9(10(14)19)15-7-8/h5-7,11,16H,1-4H3,(H2,14,19). The van der Waals surface area contributed by atoms with Gasteiger partial charge >= 0.3 is 0 Å². The van der Waals surface area contributed by atoms with E-state index >= 15 is 0 Å². The molecule has 1 aliphatic carbocycles. The van der Waals surface area contributed by atoms with Gasteiger partial charge in [0.05, 0.1) is 5.69 Å². The molecule has 0 atom stereocenters. The molecule has 0 aliphatic heterocycles. The number of pyridine rings is 1. The lowest BCUT2D eigenvalue weighted by atomic mass is 10.0. The largest absolute Gasteiger partial charge is 0.388 e. The minimum Gasteiger partial charge on any atom is -0.388 e. The number of hydrogen-bond donors (Lipinski definition) is 2. The molecule has 7 heteroatoms. The Hall–Kier alpha value is -1.05. The second-order valence-corrected chi connectivity index (χ2v) is 8.39. The van der Waals surface area contributed by atoms with E-state index in [4.69, 9.17) is 18.0 Å². The van der Waals surface area contributed by atoms with Crippen molar-refractivity contribution >= 4 is 27.2 Å². The van der Waals surface area contributed by atoms with E-state index in [2.05, 4.69) is 9.71 Å². The molecule has 0 spiro atoms. The predicted molar refractivity (Wildman–Crippen MR) is 81.8 cm³/mol. The third kappa shape index (κ3) is 2.34. The average Bonchev–Trinajstić information content (AvgIpc) is 2.71. The van der Waals surface area contributed by atoms with Gasteiger partial charge in [-0.05, 0) is 23.0 Å². The molecule has 0 saturated heterocycles. The number of rotatable bonds is 4. The maximum atomic E-state index is 12.3. The monoisotopic (exact) mass is 313 g/mol. The summed E-state index contributed by atoms with van der Waals surface area (Å²) in [4.78, 5) is 4.23. The average molecular weight is 313 g/mol. The minimum atomic E-state index is -3.58. The van der Waals surface area contributed by atoms with Crippen LogP contribution in [0.5, 0.6) is 0 Å². The number of nitrogens with one attached hydrogen (secondary N) is 1. The molecule has 0 aromatic carbocycles. The van der Waals surface area contributed by atoms with Gasteiger partial charge in [0.25, 0.3) is 0 Å². The number of sulfonamides is 1. The van der Waals surface area contributed by atoms with Crippen molar-refractivity contribution in [2.75, 3.05) is 0 Å². The van der Waals surface area contributed by atoms with Crippen molar-refractivity contribution in [3.8, 4) is 0 Å². The van der Waals surface area contributed by atoms with Crippen LogP contribution in [0.4, 0.5) is 0 Å². The van der Waals surface area contributed by atoms with Gasteiger partial charge in [0.15, 0.2) is 0 Å². The van der Waals surface area contributed by atoms with Crippen LogP contribution < -0.4 is 10.5 Å². The molecule has 3 N–H and O–H groups in total. The summed E-state index contributed by atoms with van der Waals surface area (Å²) in [5.74, 6) is 0. The summed E-state index contributed by atoms with van der Waals surface area (Å²) in [5, 5.41) is 0. The number of aromatic nitrogens is 1. The Bertz CT molecular complexity index is 635. The highest BCUT2D eigenvalue weighted by Crippen LogP contribution is 2.62. The van der Waals surface area contributed by atoms with Crippen molar-refractivity contribution in [2.45, 2.75) is 38.6 Å². The van der Waals surface area contributed by atoms with Gasteiger partial charge in [-0.3, -0.25) is 4.98 Å². The summed E-state index contributed by atoms with van der Waals surface area (Å²) >= 11 is 4.79. The molecule has 1 saturated carbocycles. The van der Waals surface area contributed by atoms with E-state index in [1.807, 2.05) is 27.7 Å². The third-order valence-corrected chi connectivity index (χ3v) is 6.21. The molecule has 1 aromatic rings. The molecule has 0 amide bonds. The summed E-state index contributed by atoms with van der Waals surface area (Å²) in [7, 11) is -3.58. The maximum absolute atomic E-state index is 12.3. The maximum Gasteiger partial charge on any atom is 0.242 e. The van der Waals surface area contributed by atoms with Crippen molar-refractivity contribution < 1.29 is 8.42 Å². The van der Waals surface area contributed by atoms with Gasteiger partial charge in [-0.2, -0.15) is 0 Å². The zero-order chi connectivity index (χ0) is 15.3. The lowest BCUT2D eigenvalue weighted by Gasteiger charge is -2.08. The highest BCUT2D eigenvalue weighted by molar-refractivity contribution is 7.89. The molecular weight excluding hydrogens is 294 g/mol. The second kappa shape index (κ2) is 4.47. The molecule has 1 heterocycles. The smallest absolute Gasteiger partial charge is 0.242 e. The molecule has 2 rings (SSSR count). The van der Waals surface area contributed by atoms with Gasteiger partial charge in [-0.15, -0.1) is 0 Å². The number of hydrogen-bond acceptors (Lipinski definition) is 4. The van der Waals surface area contributed by atoms with E-state index < -0.39 is 10.0 Å². The molecule has 1 aromatic heterocycles. The van der Waals surface area contributed by atoms with Crippen LogP contribution in [0.25, 0.3) is 0 Å². The van der Waals surface area contributed by atoms with Crippen LogP contribution in [0.1, 0.15) is 33.4 Å². The van der Waals surface area contributed by atoms with Gasteiger partial charge in [0.1, 0.15) is 9.88 Å². The fourth-order valence-electron chi connectivity index (χ4n) is 2.40. The summed E-state index contributed by atoms with van der Waals surface area (Å²) in [6.45, 7) is 8.20. The van der Waals surface area contributed by atoms with Crippen LogP contribution in [0.3, 0.4) is 0 Å². The number of thiocarbonyl (C=S) groups is 1. The Kier molecular flexibility index (Phi) is 3.43. The summed E-state index contributed by atoms with van der Waals surface area (Å²) in [6.07, 6.45) is 1.28. The normalized spacial score (nSPS) is 20.6. The van der Waals surface area contributed by atoms with E-state index in [9.17, 15) is 8.42 Å². The Morgan fingerprint density at radius 3 is 2.20 bits per heavy atom. The topological polar surface area (TPSA) is 85.1 Å². The molecule has 0 unspecified atom stereocenters. The van der Waals surface area contributed by atoms with E-state index in [0.717, 1.165) is 0 Å². The summed E-state index contributed by atoms with van der Waals surface area (Å²) < 4.78 is 27.4. The molecule has 1 aliphatic rings. The summed E-state index contributed by atoms with van der Waals surface area (Å²) in [6, 6.07) is 2.89. The van der Waals surface area contributed by atoms with Crippen LogP contribution in [-0.4, -0.2) is 24.4 Å². The third-order valence-electron chi connectivity index (χ3n) is 4.59. The predicted octanol–water partition coefficient (Wildman–Crippen LogP) is 1.43. The van der Waals surface area contributed by atoms with Crippen LogP contribution in [0.2, 0.25) is 0 Å². The molecular formula is C13H19N3O2S2.